The van der Waals surface area contributed by atoms with Crippen molar-refractivity contribution in [3.63, 3.8) is 0 Å². The lowest BCUT2D eigenvalue weighted by Gasteiger charge is -2.10. The Morgan fingerprint density at radius 1 is 1.19 bits per heavy atom. The molecular weight excluding hydrogens is 381 g/mol. The van der Waals surface area contributed by atoms with E-state index < -0.39 is 17.4 Å². The molecule has 9 heteroatoms. The van der Waals surface area contributed by atoms with E-state index in [-0.39, 0.29) is 5.69 Å². The monoisotopic (exact) mass is 394 g/mol. The molecule has 140 valence electrons. The molecule has 0 aliphatic rings. The van der Waals surface area contributed by atoms with Crippen molar-refractivity contribution in [2.75, 3.05) is 0 Å². The van der Waals surface area contributed by atoms with E-state index in [0.717, 1.165) is 17.7 Å². The van der Waals surface area contributed by atoms with Gasteiger partial charge in [-0.2, -0.15) is 18.2 Å². The molecule has 0 aliphatic heterocycles. The number of pyridine rings is 1. The molecule has 0 unspecified atom stereocenters. The number of rotatable bonds is 4. The highest BCUT2D eigenvalue weighted by Crippen LogP contribution is 2.31. The molecule has 0 bridgehead atoms. The Morgan fingerprint density at radius 2 is 1.89 bits per heavy atom. The Bertz CT molecular complexity index is 1020. The molecule has 0 saturated carbocycles. The van der Waals surface area contributed by atoms with Crippen molar-refractivity contribution in [1.82, 2.24) is 19.8 Å². The maximum absolute atomic E-state index is 12.7. The lowest BCUT2D eigenvalue weighted by molar-refractivity contribution is -0.137. The van der Waals surface area contributed by atoms with Crippen molar-refractivity contribution in [2.24, 2.45) is 0 Å². The van der Waals surface area contributed by atoms with E-state index in [0.29, 0.717) is 29.1 Å². The summed E-state index contributed by atoms with van der Waals surface area (Å²) in [5.74, 6) is 0. The number of aromatic nitrogens is 3. The van der Waals surface area contributed by atoms with Crippen LogP contribution in [0.3, 0.4) is 0 Å². The largest absolute Gasteiger partial charge is 0.416 e. The minimum Gasteiger partial charge on any atom is -0.305 e. The quantitative estimate of drug-likeness (QED) is 0.654. The zero-order valence-corrected chi connectivity index (χ0v) is 14.8. The third kappa shape index (κ3) is 4.35. The number of hydrogen-bond acceptors (Lipinski definition) is 4. The van der Waals surface area contributed by atoms with E-state index in [4.69, 9.17) is 11.8 Å². The van der Waals surface area contributed by atoms with Crippen molar-refractivity contribution in [3.8, 4) is 22.5 Å². The number of nitrogens with one attached hydrogen (secondary N) is 2. The maximum Gasteiger partial charge on any atom is 0.416 e. The third-order valence-corrected chi connectivity index (χ3v) is 4.09. The first-order chi connectivity index (χ1) is 12.8. The number of alkyl halides is 3. The first-order valence-electron chi connectivity index (χ1n) is 7.86. The zero-order chi connectivity index (χ0) is 19.6. The Labute approximate surface area is 157 Å². The van der Waals surface area contributed by atoms with Gasteiger partial charge in [-0.25, -0.2) is 9.63 Å². The minimum atomic E-state index is -4.43. The van der Waals surface area contributed by atoms with Crippen LogP contribution in [-0.4, -0.2) is 15.0 Å². The van der Waals surface area contributed by atoms with Gasteiger partial charge in [0.15, 0.2) is 0 Å². The summed E-state index contributed by atoms with van der Waals surface area (Å²) in [6, 6.07) is 7.90. The Kier molecular flexibility index (Phi) is 5.29. The molecule has 0 aliphatic carbocycles. The van der Waals surface area contributed by atoms with Crippen LogP contribution < -0.4 is 10.5 Å². The van der Waals surface area contributed by atoms with E-state index in [1.807, 2.05) is 6.07 Å². The molecule has 27 heavy (non-hydrogen) atoms. The second-order valence-electron chi connectivity index (χ2n) is 5.85. The Hall–Kier alpha value is -2.71. The molecule has 0 fully saturated rings. The molecule has 1 aromatic carbocycles. The predicted octanol–water partition coefficient (Wildman–Crippen LogP) is 4.07. The molecule has 2 N–H and O–H groups in total. The van der Waals surface area contributed by atoms with Crippen LogP contribution in [0.5, 0.6) is 0 Å². The van der Waals surface area contributed by atoms with E-state index in [9.17, 15) is 18.0 Å². The van der Waals surface area contributed by atoms with Crippen LogP contribution in [0.2, 0.25) is 0 Å². The fourth-order valence-corrected chi connectivity index (χ4v) is 2.76. The van der Waals surface area contributed by atoms with E-state index in [1.165, 1.54) is 12.1 Å². The van der Waals surface area contributed by atoms with Gasteiger partial charge in [0, 0.05) is 29.6 Å². The van der Waals surface area contributed by atoms with Crippen LogP contribution in [0.4, 0.5) is 13.2 Å². The molecule has 0 spiro atoms. The topological polar surface area (TPSA) is 70.7 Å². The Morgan fingerprint density at radius 3 is 2.52 bits per heavy atom. The fraction of sp³-hybridized carbons (Fsp3) is 0.167. The molecule has 2 aromatic heterocycles. The zero-order valence-electron chi connectivity index (χ0n) is 14.1. The molecular formula is C18H14ClF3N4O. The highest BCUT2D eigenvalue weighted by Gasteiger charge is 2.30. The Balaban J connectivity index is 2.05. The number of aromatic amines is 1. The molecule has 0 atom stereocenters. The van der Waals surface area contributed by atoms with E-state index >= 15 is 0 Å². The van der Waals surface area contributed by atoms with E-state index in [2.05, 4.69) is 19.8 Å². The van der Waals surface area contributed by atoms with Gasteiger partial charge in [0.1, 0.15) is 0 Å². The number of H-pyrrole nitrogens is 1. The van der Waals surface area contributed by atoms with Gasteiger partial charge in [-0.05, 0) is 48.5 Å². The van der Waals surface area contributed by atoms with Gasteiger partial charge in [-0.3, -0.25) is 4.98 Å². The first-order valence-corrected chi connectivity index (χ1v) is 8.24. The second-order valence-corrected chi connectivity index (χ2v) is 6.11. The highest BCUT2D eigenvalue weighted by atomic mass is 35.5. The van der Waals surface area contributed by atoms with Crippen molar-refractivity contribution < 1.29 is 13.2 Å². The smallest absolute Gasteiger partial charge is 0.305 e. The summed E-state index contributed by atoms with van der Waals surface area (Å²) in [5, 5.41) is 0. The maximum atomic E-state index is 12.7. The SMILES string of the molecule is Cc1ncc(CNCl)cc1-c1cc(-c2ccc(C(F)(F)F)cc2)nc(=O)[nH]1. The lowest BCUT2D eigenvalue weighted by atomic mass is 10.0. The summed E-state index contributed by atoms with van der Waals surface area (Å²) in [6.07, 6.45) is -2.77. The number of aryl methyl sites for hydroxylation is 1. The van der Waals surface area contributed by atoms with Crippen LogP contribution in [0, 0.1) is 6.92 Å². The number of hydrogen-bond donors (Lipinski definition) is 2. The summed E-state index contributed by atoms with van der Waals surface area (Å²) in [6.45, 7) is 2.16. The normalized spacial score (nSPS) is 11.6. The summed E-state index contributed by atoms with van der Waals surface area (Å²) < 4.78 is 38.2. The third-order valence-electron chi connectivity index (χ3n) is 3.96. The number of nitrogens with zero attached hydrogens (tertiary/aromatic N) is 2. The molecule has 0 saturated heterocycles. The van der Waals surface area contributed by atoms with Gasteiger partial charge in [-0.1, -0.05) is 12.1 Å². The van der Waals surface area contributed by atoms with Crippen molar-refractivity contribution in [1.29, 1.82) is 0 Å². The second kappa shape index (κ2) is 7.50. The number of halogens is 4. The summed E-state index contributed by atoms with van der Waals surface area (Å²) in [4.78, 5) is 25.3. The van der Waals surface area contributed by atoms with Crippen molar-refractivity contribution in [2.45, 2.75) is 19.6 Å². The van der Waals surface area contributed by atoms with Crippen LogP contribution in [-0.2, 0) is 12.7 Å². The van der Waals surface area contributed by atoms with Crippen LogP contribution in [0.25, 0.3) is 22.5 Å². The van der Waals surface area contributed by atoms with Gasteiger partial charge in [0.25, 0.3) is 0 Å². The molecule has 3 rings (SSSR count). The van der Waals surface area contributed by atoms with Gasteiger partial charge in [0.2, 0.25) is 0 Å². The standard InChI is InChI=1S/C18H14ClF3N4O/c1-10-14(6-11(8-23-10)9-24-19)16-7-15(25-17(27)26-16)12-2-4-13(5-3-12)18(20,21)22/h2-8,24H,9H2,1H3,(H,25,26,27). The van der Waals surface area contributed by atoms with Crippen molar-refractivity contribution in [3.05, 3.63) is 69.9 Å². The average Bonchev–Trinajstić information content (AvgIpc) is 2.62. The van der Waals surface area contributed by atoms with Gasteiger partial charge >= 0.3 is 11.9 Å². The summed E-state index contributed by atoms with van der Waals surface area (Å²) in [5.41, 5.74) is 1.91. The van der Waals surface area contributed by atoms with Crippen molar-refractivity contribution >= 4 is 11.8 Å². The highest BCUT2D eigenvalue weighted by molar-refractivity contribution is 6.13. The lowest BCUT2D eigenvalue weighted by Crippen LogP contribution is -2.13. The van der Waals surface area contributed by atoms with Crippen LogP contribution in [0.1, 0.15) is 16.8 Å². The number of benzene rings is 1. The molecule has 3 aromatic rings. The molecule has 2 heterocycles. The minimum absolute atomic E-state index is 0.266. The van der Waals surface area contributed by atoms with Gasteiger partial charge < -0.3 is 4.98 Å². The molecule has 0 amide bonds. The summed E-state index contributed by atoms with van der Waals surface area (Å²) >= 11 is 5.52. The average molecular weight is 395 g/mol. The van der Waals surface area contributed by atoms with Crippen LogP contribution >= 0.6 is 11.8 Å². The van der Waals surface area contributed by atoms with E-state index in [1.54, 1.807) is 19.2 Å². The predicted molar refractivity (Wildman–Crippen MR) is 96.0 cm³/mol. The van der Waals surface area contributed by atoms with Crippen LogP contribution in [0.15, 0.2) is 47.4 Å². The molecule has 0 radical (unpaired) electrons. The molecule has 5 nitrogen and oxygen atoms in total. The first kappa shape index (κ1) is 19.1. The fourth-order valence-electron chi connectivity index (χ4n) is 2.60. The summed E-state index contributed by atoms with van der Waals surface area (Å²) in [7, 11) is 0. The van der Waals surface area contributed by atoms with Gasteiger partial charge in [0.05, 0.1) is 17.0 Å². The van der Waals surface area contributed by atoms with Gasteiger partial charge in [-0.15, -0.1) is 0 Å².